The summed E-state index contributed by atoms with van der Waals surface area (Å²) in [4.78, 5) is 20.4. The van der Waals surface area contributed by atoms with E-state index in [1.54, 1.807) is 6.20 Å². The van der Waals surface area contributed by atoms with Crippen molar-refractivity contribution in [1.29, 1.82) is 0 Å². The Hall–Kier alpha value is -2.91. The van der Waals surface area contributed by atoms with E-state index in [1.807, 2.05) is 24.3 Å². The SMILES string of the molecule is CCCCNc1nc(NCCCNc2ccnc3cc(Cl)ccc23)nc(N2CCOCC2)n1. The Labute approximate surface area is 199 Å². The minimum absolute atomic E-state index is 0.592. The lowest BCUT2D eigenvalue weighted by Gasteiger charge is -2.27. The van der Waals surface area contributed by atoms with Crippen molar-refractivity contribution in [1.82, 2.24) is 19.9 Å². The minimum atomic E-state index is 0.592. The van der Waals surface area contributed by atoms with E-state index in [9.17, 15) is 0 Å². The van der Waals surface area contributed by atoms with Crippen molar-refractivity contribution in [3.63, 3.8) is 0 Å². The second kappa shape index (κ2) is 11.8. The van der Waals surface area contributed by atoms with Gasteiger partial charge in [-0.1, -0.05) is 24.9 Å². The van der Waals surface area contributed by atoms with Crippen molar-refractivity contribution in [2.75, 3.05) is 66.8 Å². The molecule has 1 aliphatic rings. The lowest BCUT2D eigenvalue weighted by molar-refractivity contribution is 0.122. The van der Waals surface area contributed by atoms with Crippen molar-refractivity contribution in [3.05, 3.63) is 35.5 Å². The third-order valence-corrected chi connectivity index (χ3v) is 5.62. The van der Waals surface area contributed by atoms with Crippen LogP contribution in [0.1, 0.15) is 26.2 Å². The van der Waals surface area contributed by atoms with Gasteiger partial charge in [0.05, 0.1) is 18.7 Å². The molecule has 1 saturated heterocycles. The van der Waals surface area contributed by atoms with Gasteiger partial charge in [0.15, 0.2) is 0 Å². The summed E-state index contributed by atoms with van der Waals surface area (Å²) in [5.74, 6) is 1.90. The number of hydrogen-bond donors (Lipinski definition) is 3. The molecule has 0 amide bonds. The second-order valence-corrected chi connectivity index (χ2v) is 8.33. The number of pyridine rings is 1. The number of rotatable bonds is 11. The standard InChI is InChI=1S/C23H31ClN8O/c1-2-3-8-27-21-29-22(31-23(30-21)32-12-14-33-15-13-32)28-10-4-9-25-19-7-11-26-20-16-17(24)5-6-18(19)20/h5-7,11,16H,2-4,8-10,12-15H2,1H3,(H,25,26)(H2,27,28,29,30,31). The first kappa shape index (κ1) is 23.3. The molecule has 1 fully saturated rings. The van der Waals surface area contributed by atoms with Crippen molar-refractivity contribution in [3.8, 4) is 0 Å². The van der Waals surface area contributed by atoms with Gasteiger partial charge >= 0.3 is 0 Å². The van der Waals surface area contributed by atoms with E-state index in [0.29, 0.717) is 36.1 Å². The number of benzene rings is 1. The topological polar surface area (TPSA) is 100 Å². The van der Waals surface area contributed by atoms with Gasteiger partial charge in [-0.2, -0.15) is 15.0 Å². The first-order chi connectivity index (χ1) is 16.2. The zero-order valence-electron chi connectivity index (χ0n) is 19.0. The van der Waals surface area contributed by atoms with Crippen LogP contribution in [0, 0.1) is 0 Å². The van der Waals surface area contributed by atoms with Crippen LogP contribution in [0.15, 0.2) is 30.5 Å². The normalized spacial score (nSPS) is 13.8. The van der Waals surface area contributed by atoms with E-state index in [4.69, 9.17) is 16.3 Å². The number of nitrogens with one attached hydrogen (secondary N) is 3. The van der Waals surface area contributed by atoms with Gasteiger partial charge in [0.2, 0.25) is 17.8 Å². The number of halogens is 1. The van der Waals surface area contributed by atoms with Crippen LogP contribution in [0.3, 0.4) is 0 Å². The number of hydrogen-bond acceptors (Lipinski definition) is 9. The fraction of sp³-hybridized carbons (Fsp3) is 0.478. The number of anilines is 4. The first-order valence-electron chi connectivity index (χ1n) is 11.6. The van der Waals surface area contributed by atoms with Crippen LogP contribution in [-0.2, 0) is 4.74 Å². The average Bonchev–Trinajstić information content (AvgIpc) is 2.84. The zero-order valence-corrected chi connectivity index (χ0v) is 19.7. The Morgan fingerprint density at radius 2 is 1.67 bits per heavy atom. The van der Waals surface area contributed by atoms with Gasteiger partial charge in [0, 0.05) is 55.0 Å². The molecule has 0 unspecified atom stereocenters. The molecule has 0 saturated carbocycles. The van der Waals surface area contributed by atoms with E-state index < -0.39 is 0 Å². The summed E-state index contributed by atoms with van der Waals surface area (Å²) in [5, 5.41) is 11.9. The van der Waals surface area contributed by atoms with Crippen LogP contribution < -0.4 is 20.9 Å². The predicted molar refractivity (Wildman–Crippen MR) is 135 cm³/mol. The molecule has 0 radical (unpaired) electrons. The molecule has 3 heterocycles. The summed E-state index contributed by atoms with van der Waals surface area (Å²) in [5.41, 5.74) is 1.93. The monoisotopic (exact) mass is 470 g/mol. The molecule has 0 atom stereocenters. The van der Waals surface area contributed by atoms with Crippen LogP contribution >= 0.6 is 11.6 Å². The Balaban J connectivity index is 1.33. The molecule has 176 valence electrons. The van der Waals surface area contributed by atoms with Crippen molar-refractivity contribution in [2.24, 2.45) is 0 Å². The number of aromatic nitrogens is 4. The molecule has 3 N–H and O–H groups in total. The molecule has 1 aromatic carbocycles. The molecule has 0 bridgehead atoms. The summed E-state index contributed by atoms with van der Waals surface area (Å²) in [7, 11) is 0. The highest BCUT2D eigenvalue weighted by atomic mass is 35.5. The zero-order chi connectivity index (χ0) is 22.9. The van der Waals surface area contributed by atoms with E-state index in [2.05, 4.69) is 47.7 Å². The van der Waals surface area contributed by atoms with Gasteiger partial charge in [-0.3, -0.25) is 4.98 Å². The maximum Gasteiger partial charge on any atom is 0.232 e. The molecule has 4 rings (SSSR count). The van der Waals surface area contributed by atoms with Gasteiger partial charge < -0.3 is 25.6 Å². The third-order valence-electron chi connectivity index (χ3n) is 5.39. The molecular weight excluding hydrogens is 440 g/mol. The van der Waals surface area contributed by atoms with Crippen LogP contribution in [0.4, 0.5) is 23.5 Å². The van der Waals surface area contributed by atoms with Crippen molar-refractivity contribution < 1.29 is 4.74 Å². The molecule has 33 heavy (non-hydrogen) atoms. The fourth-order valence-electron chi connectivity index (χ4n) is 3.59. The molecule has 0 spiro atoms. The summed E-state index contributed by atoms with van der Waals surface area (Å²) >= 11 is 6.08. The van der Waals surface area contributed by atoms with Crippen LogP contribution in [0.25, 0.3) is 10.9 Å². The lowest BCUT2D eigenvalue weighted by Crippen LogP contribution is -2.37. The Morgan fingerprint density at radius 3 is 2.42 bits per heavy atom. The van der Waals surface area contributed by atoms with E-state index in [0.717, 1.165) is 68.6 Å². The summed E-state index contributed by atoms with van der Waals surface area (Å²) < 4.78 is 5.46. The minimum Gasteiger partial charge on any atom is -0.384 e. The second-order valence-electron chi connectivity index (χ2n) is 7.89. The summed E-state index contributed by atoms with van der Waals surface area (Å²) in [6.07, 6.45) is 4.88. The highest BCUT2D eigenvalue weighted by molar-refractivity contribution is 6.31. The Morgan fingerprint density at radius 1 is 0.939 bits per heavy atom. The van der Waals surface area contributed by atoms with Gasteiger partial charge in [-0.25, -0.2) is 0 Å². The quantitative estimate of drug-likeness (QED) is 0.358. The number of nitrogens with zero attached hydrogens (tertiary/aromatic N) is 5. The molecule has 0 aliphatic carbocycles. The molecule has 3 aromatic rings. The smallest absolute Gasteiger partial charge is 0.232 e. The number of morpholine rings is 1. The molecule has 9 nitrogen and oxygen atoms in total. The van der Waals surface area contributed by atoms with Crippen LogP contribution in [0.2, 0.25) is 5.02 Å². The summed E-state index contributed by atoms with van der Waals surface area (Å²) in [6, 6.07) is 7.74. The predicted octanol–water partition coefficient (Wildman–Crippen LogP) is 4.04. The number of ether oxygens (including phenoxy) is 1. The Bertz CT molecular complexity index is 1040. The molecular formula is C23H31ClN8O. The van der Waals surface area contributed by atoms with Gasteiger partial charge in [0.1, 0.15) is 0 Å². The highest BCUT2D eigenvalue weighted by Gasteiger charge is 2.16. The third kappa shape index (κ3) is 6.55. The molecule has 2 aromatic heterocycles. The summed E-state index contributed by atoms with van der Waals surface area (Å²) in [6.45, 7) is 7.50. The first-order valence-corrected chi connectivity index (χ1v) is 12.0. The fourth-order valence-corrected chi connectivity index (χ4v) is 3.76. The number of fused-ring (bicyclic) bond motifs is 1. The van der Waals surface area contributed by atoms with Crippen molar-refractivity contribution in [2.45, 2.75) is 26.2 Å². The van der Waals surface area contributed by atoms with E-state index in [-0.39, 0.29) is 0 Å². The molecule has 10 heteroatoms. The Kier molecular flexibility index (Phi) is 8.32. The maximum atomic E-state index is 6.08. The largest absolute Gasteiger partial charge is 0.384 e. The van der Waals surface area contributed by atoms with Crippen molar-refractivity contribution >= 4 is 46.0 Å². The average molecular weight is 471 g/mol. The van der Waals surface area contributed by atoms with Gasteiger partial charge in [-0.15, -0.1) is 0 Å². The van der Waals surface area contributed by atoms with Gasteiger partial charge in [0.25, 0.3) is 0 Å². The number of unbranched alkanes of at least 4 members (excludes halogenated alkanes) is 1. The van der Waals surface area contributed by atoms with Crippen LogP contribution in [-0.4, -0.2) is 65.9 Å². The lowest BCUT2D eigenvalue weighted by atomic mass is 10.2. The van der Waals surface area contributed by atoms with Gasteiger partial charge in [-0.05, 0) is 37.1 Å². The van der Waals surface area contributed by atoms with E-state index >= 15 is 0 Å². The maximum absolute atomic E-state index is 6.08. The van der Waals surface area contributed by atoms with E-state index in [1.165, 1.54) is 0 Å². The highest BCUT2D eigenvalue weighted by Crippen LogP contribution is 2.24. The molecule has 1 aliphatic heterocycles. The van der Waals surface area contributed by atoms with Crippen LogP contribution in [0.5, 0.6) is 0 Å².